The smallest absolute Gasteiger partial charge is 0.242 e. The molecule has 7 heteroatoms. The maximum Gasteiger partial charge on any atom is 0.242 e. The quantitative estimate of drug-likeness (QED) is 0.856. The normalized spacial score (nSPS) is 18.8. The summed E-state index contributed by atoms with van der Waals surface area (Å²) >= 11 is 6.05. The van der Waals surface area contributed by atoms with E-state index in [4.69, 9.17) is 11.6 Å². The maximum absolute atomic E-state index is 12.4. The fraction of sp³-hybridized carbons (Fsp3) is 0.571. The van der Waals surface area contributed by atoms with Gasteiger partial charge in [-0.3, -0.25) is 0 Å². The zero-order valence-electron chi connectivity index (χ0n) is 12.2. The molecular weight excluding hydrogens is 331 g/mol. The Labute approximate surface area is 138 Å². The molecule has 0 aromatic heterocycles. The van der Waals surface area contributed by atoms with Crippen molar-refractivity contribution in [2.75, 3.05) is 13.1 Å². The van der Waals surface area contributed by atoms with Crippen molar-refractivity contribution >= 4 is 34.0 Å². The summed E-state index contributed by atoms with van der Waals surface area (Å²) in [5.41, 5.74) is 0.966. The Morgan fingerprint density at radius 2 is 2.14 bits per heavy atom. The van der Waals surface area contributed by atoms with E-state index in [2.05, 4.69) is 10.0 Å². The number of rotatable bonds is 5. The summed E-state index contributed by atoms with van der Waals surface area (Å²) in [6.45, 7) is 5.41. The van der Waals surface area contributed by atoms with E-state index in [-0.39, 0.29) is 34.3 Å². The lowest BCUT2D eigenvalue weighted by Crippen LogP contribution is -2.37. The summed E-state index contributed by atoms with van der Waals surface area (Å²) in [5.74, 6) is 0.262. The van der Waals surface area contributed by atoms with E-state index >= 15 is 0 Å². The standard InChI is InChI=1S/C14H21ClN2O2S.ClH/c1-10(2)11-5-6-13(15)14(8-11)20(18,19)17-9-12-4-3-7-16-12;/h5-6,8,10,12,16-17H,3-4,7,9H2,1-2H3;1H. The molecule has 0 aliphatic carbocycles. The van der Waals surface area contributed by atoms with Crippen molar-refractivity contribution in [2.24, 2.45) is 0 Å². The summed E-state index contributed by atoms with van der Waals surface area (Å²) in [7, 11) is -3.56. The van der Waals surface area contributed by atoms with E-state index in [1.165, 1.54) is 0 Å². The first-order chi connectivity index (χ1) is 9.40. The molecule has 1 saturated heterocycles. The Bertz CT molecular complexity index is 570. The van der Waals surface area contributed by atoms with E-state index in [1.54, 1.807) is 12.1 Å². The fourth-order valence-corrected chi connectivity index (χ4v) is 3.92. The van der Waals surface area contributed by atoms with Gasteiger partial charge in [0.05, 0.1) is 5.02 Å². The monoisotopic (exact) mass is 352 g/mol. The van der Waals surface area contributed by atoms with Crippen molar-refractivity contribution in [1.82, 2.24) is 10.0 Å². The van der Waals surface area contributed by atoms with Crippen molar-refractivity contribution in [1.29, 1.82) is 0 Å². The van der Waals surface area contributed by atoms with Gasteiger partial charge in [0.2, 0.25) is 10.0 Å². The molecule has 1 heterocycles. The van der Waals surface area contributed by atoms with E-state index < -0.39 is 10.0 Å². The number of hydrogen-bond donors (Lipinski definition) is 2. The molecule has 21 heavy (non-hydrogen) atoms. The summed E-state index contributed by atoms with van der Waals surface area (Å²) in [6.07, 6.45) is 2.10. The molecule has 1 aliphatic heterocycles. The summed E-state index contributed by atoms with van der Waals surface area (Å²) in [6, 6.07) is 5.40. The van der Waals surface area contributed by atoms with E-state index in [9.17, 15) is 8.42 Å². The Hall–Kier alpha value is -0.330. The first kappa shape index (κ1) is 18.7. The molecule has 2 rings (SSSR count). The van der Waals surface area contributed by atoms with Crippen LogP contribution in [0.15, 0.2) is 23.1 Å². The van der Waals surface area contributed by atoms with Crippen LogP contribution in [0.3, 0.4) is 0 Å². The van der Waals surface area contributed by atoms with Gasteiger partial charge in [-0.1, -0.05) is 31.5 Å². The predicted octanol–water partition coefficient (Wildman–Crippen LogP) is 2.92. The van der Waals surface area contributed by atoms with Crippen LogP contribution in [0.5, 0.6) is 0 Å². The lowest BCUT2D eigenvalue weighted by Gasteiger charge is -2.14. The van der Waals surface area contributed by atoms with E-state index in [0.717, 1.165) is 24.9 Å². The highest BCUT2D eigenvalue weighted by atomic mass is 35.5. The zero-order valence-corrected chi connectivity index (χ0v) is 14.6. The largest absolute Gasteiger partial charge is 0.313 e. The molecule has 1 unspecified atom stereocenters. The minimum atomic E-state index is -3.56. The maximum atomic E-state index is 12.4. The Kier molecular flexibility index (Phi) is 6.94. The van der Waals surface area contributed by atoms with Crippen molar-refractivity contribution in [3.05, 3.63) is 28.8 Å². The SMILES string of the molecule is CC(C)c1ccc(Cl)c(S(=O)(=O)NCC2CCCN2)c1.Cl. The van der Waals surface area contributed by atoms with Crippen LogP contribution in [-0.4, -0.2) is 27.5 Å². The molecule has 1 fully saturated rings. The Balaban J connectivity index is 0.00000220. The van der Waals surface area contributed by atoms with Crippen molar-refractivity contribution in [3.63, 3.8) is 0 Å². The summed E-state index contributed by atoms with van der Waals surface area (Å²) < 4.78 is 27.4. The van der Waals surface area contributed by atoms with Crippen LogP contribution >= 0.6 is 24.0 Å². The van der Waals surface area contributed by atoms with Crippen LogP contribution in [0, 0.1) is 0 Å². The number of sulfonamides is 1. The fourth-order valence-electron chi connectivity index (χ4n) is 2.30. The van der Waals surface area contributed by atoms with Crippen molar-refractivity contribution in [2.45, 2.75) is 43.5 Å². The highest BCUT2D eigenvalue weighted by Crippen LogP contribution is 2.26. The van der Waals surface area contributed by atoms with Crippen LogP contribution in [0.25, 0.3) is 0 Å². The average molecular weight is 353 g/mol. The molecule has 1 aromatic carbocycles. The third kappa shape index (κ3) is 4.83. The van der Waals surface area contributed by atoms with Crippen molar-refractivity contribution in [3.8, 4) is 0 Å². The molecule has 0 amide bonds. The minimum Gasteiger partial charge on any atom is -0.313 e. The molecule has 120 valence electrons. The van der Waals surface area contributed by atoms with Gasteiger partial charge in [0.1, 0.15) is 4.90 Å². The lowest BCUT2D eigenvalue weighted by atomic mass is 10.0. The Morgan fingerprint density at radius 1 is 1.43 bits per heavy atom. The molecule has 0 saturated carbocycles. The number of halogens is 2. The van der Waals surface area contributed by atoms with Crippen LogP contribution in [-0.2, 0) is 10.0 Å². The van der Waals surface area contributed by atoms with Crippen LogP contribution in [0.2, 0.25) is 5.02 Å². The summed E-state index contributed by atoms with van der Waals surface area (Å²) in [5, 5.41) is 3.53. The molecule has 0 spiro atoms. The van der Waals surface area contributed by atoms with Crippen LogP contribution in [0.4, 0.5) is 0 Å². The second-order valence-corrected chi connectivity index (χ2v) is 7.63. The van der Waals surface area contributed by atoms with Gasteiger partial charge in [-0.15, -0.1) is 12.4 Å². The number of benzene rings is 1. The topological polar surface area (TPSA) is 58.2 Å². The van der Waals surface area contributed by atoms with Gasteiger partial charge in [0.15, 0.2) is 0 Å². The minimum absolute atomic E-state index is 0. The molecule has 1 aliphatic rings. The molecule has 4 nitrogen and oxygen atoms in total. The molecular formula is C14H22Cl2N2O2S. The highest BCUT2D eigenvalue weighted by Gasteiger charge is 2.22. The van der Waals surface area contributed by atoms with Gasteiger partial charge in [0, 0.05) is 12.6 Å². The molecule has 0 radical (unpaired) electrons. The third-order valence-electron chi connectivity index (χ3n) is 3.59. The van der Waals surface area contributed by atoms with Crippen molar-refractivity contribution < 1.29 is 8.42 Å². The molecule has 0 bridgehead atoms. The lowest BCUT2D eigenvalue weighted by molar-refractivity contribution is 0.551. The second kappa shape index (κ2) is 7.79. The second-order valence-electron chi connectivity index (χ2n) is 5.49. The molecule has 2 N–H and O–H groups in total. The third-order valence-corrected chi connectivity index (χ3v) is 5.50. The Morgan fingerprint density at radius 3 is 2.71 bits per heavy atom. The van der Waals surface area contributed by atoms with Gasteiger partial charge in [-0.05, 0) is 43.0 Å². The van der Waals surface area contributed by atoms with Crippen LogP contribution < -0.4 is 10.0 Å². The van der Waals surface area contributed by atoms with E-state index in [0.29, 0.717) is 6.54 Å². The van der Waals surface area contributed by atoms with E-state index in [1.807, 2.05) is 19.9 Å². The predicted molar refractivity (Wildman–Crippen MR) is 89.0 cm³/mol. The number of nitrogens with one attached hydrogen (secondary N) is 2. The summed E-state index contributed by atoms with van der Waals surface area (Å²) in [4.78, 5) is 0.170. The van der Waals surface area contributed by atoms with Gasteiger partial charge < -0.3 is 5.32 Å². The van der Waals surface area contributed by atoms with Gasteiger partial charge in [-0.25, -0.2) is 13.1 Å². The van der Waals surface area contributed by atoms with Crippen LogP contribution in [0.1, 0.15) is 38.2 Å². The highest BCUT2D eigenvalue weighted by molar-refractivity contribution is 7.89. The number of hydrogen-bond acceptors (Lipinski definition) is 3. The zero-order chi connectivity index (χ0) is 14.8. The van der Waals surface area contributed by atoms with Gasteiger partial charge in [-0.2, -0.15) is 0 Å². The molecule has 1 aromatic rings. The average Bonchev–Trinajstić information content (AvgIpc) is 2.89. The van der Waals surface area contributed by atoms with Gasteiger partial charge >= 0.3 is 0 Å². The first-order valence-electron chi connectivity index (χ1n) is 6.92. The molecule has 1 atom stereocenters. The first-order valence-corrected chi connectivity index (χ1v) is 8.79. The van der Waals surface area contributed by atoms with Gasteiger partial charge in [0.25, 0.3) is 0 Å².